The Hall–Kier alpha value is -1.35. The highest BCUT2D eigenvalue weighted by molar-refractivity contribution is 5.80. The third-order valence-corrected chi connectivity index (χ3v) is 2.53. The third kappa shape index (κ3) is 2.80. The lowest BCUT2D eigenvalue weighted by Crippen LogP contribution is -2.33. The second-order valence-electron chi connectivity index (χ2n) is 3.71. The molecular formula is C12H15NO2. The van der Waals surface area contributed by atoms with Crippen molar-refractivity contribution in [2.75, 3.05) is 6.61 Å². The standard InChI is InChI=1S/C12H15NO2/c14-12(11-7-4-8-15-11)13-9-10-5-2-1-3-6-10/h1-3,5-6,11H,4,7-9H2,(H,13,14)/t11-/m0/s1. The van der Waals surface area contributed by atoms with E-state index in [4.69, 9.17) is 4.74 Å². The van der Waals surface area contributed by atoms with Crippen molar-refractivity contribution in [3.8, 4) is 0 Å². The van der Waals surface area contributed by atoms with E-state index in [0.29, 0.717) is 13.2 Å². The van der Waals surface area contributed by atoms with Crippen LogP contribution < -0.4 is 5.32 Å². The van der Waals surface area contributed by atoms with Gasteiger partial charge in [-0.2, -0.15) is 0 Å². The van der Waals surface area contributed by atoms with Crippen LogP contribution in [0.2, 0.25) is 0 Å². The van der Waals surface area contributed by atoms with Gasteiger partial charge >= 0.3 is 0 Å². The molecule has 1 N–H and O–H groups in total. The first kappa shape index (κ1) is 10.2. The number of benzene rings is 1. The molecule has 1 aliphatic heterocycles. The second-order valence-corrected chi connectivity index (χ2v) is 3.71. The second kappa shape index (κ2) is 4.94. The lowest BCUT2D eigenvalue weighted by Gasteiger charge is -2.10. The smallest absolute Gasteiger partial charge is 0.249 e. The highest BCUT2D eigenvalue weighted by atomic mass is 16.5. The number of carbonyl (C=O) groups excluding carboxylic acids is 1. The monoisotopic (exact) mass is 205 g/mol. The maximum absolute atomic E-state index is 11.6. The van der Waals surface area contributed by atoms with Gasteiger partial charge in [-0.1, -0.05) is 30.3 Å². The molecule has 0 spiro atoms. The average molecular weight is 205 g/mol. The van der Waals surface area contributed by atoms with Crippen LogP contribution >= 0.6 is 0 Å². The Labute approximate surface area is 89.4 Å². The van der Waals surface area contributed by atoms with E-state index in [0.717, 1.165) is 18.4 Å². The Bertz CT molecular complexity index is 318. The van der Waals surface area contributed by atoms with E-state index < -0.39 is 0 Å². The first-order valence-corrected chi connectivity index (χ1v) is 5.29. The Balaban J connectivity index is 1.80. The van der Waals surface area contributed by atoms with Gasteiger partial charge in [0.25, 0.3) is 0 Å². The fourth-order valence-corrected chi connectivity index (χ4v) is 1.68. The summed E-state index contributed by atoms with van der Waals surface area (Å²) in [5, 5.41) is 2.88. The van der Waals surface area contributed by atoms with Gasteiger partial charge in [-0.15, -0.1) is 0 Å². The van der Waals surface area contributed by atoms with Crippen molar-refractivity contribution in [1.82, 2.24) is 5.32 Å². The van der Waals surface area contributed by atoms with Gasteiger partial charge in [-0.25, -0.2) is 0 Å². The minimum absolute atomic E-state index is 0.0105. The van der Waals surface area contributed by atoms with Crippen molar-refractivity contribution in [3.05, 3.63) is 35.9 Å². The van der Waals surface area contributed by atoms with Crippen molar-refractivity contribution >= 4 is 5.91 Å². The van der Waals surface area contributed by atoms with Gasteiger partial charge < -0.3 is 10.1 Å². The summed E-state index contributed by atoms with van der Waals surface area (Å²) in [5.74, 6) is 0.0105. The zero-order valence-electron chi connectivity index (χ0n) is 8.61. The molecule has 1 saturated heterocycles. The summed E-state index contributed by atoms with van der Waals surface area (Å²) in [6.45, 7) is 1.29. The van der Waals surface area contributed by atoms with Crippen LogP contribution in [-0.4, -0.2) is 18.6 Å². The van der Waals surface area contributed by atoms with Gasteiger partial charge in [0.15, 0.2) is 0 Å². The number of ether oxygens (including phenoxy) is 1. The summed E-state index contributed by atoms with van der Waals surface area (Å²) in [4.78, 5) is 11.6. The van der Waals surface area contributed by atoms with Gasteiger partial charge in [0.2, 0.25) is 5.91 Å². The topological polar surface area (TPSA) is 38.3 Å². The Morgan fingerprint density at radius 2 is 2.20 bits per heavy atom. The lowest BCUT2D eigenvalue weighted by atomic mass is 10.2. The molecule has 0 aromatic heterocycles. The summed E-state index contributed by atoms with van der Waals surface area (Å²) in [5.41, 5.74) is 1.11. The quantitative estimate of drug-likeness (QED) is 0.811. The number of hydrogen-bond acceptors (Lipinski definition) is 2. The van der Waals surface area contributed by atoms with Gasteiger partial charge in [0.1, 0.15) is 6.10 Å². The fourth-order valence-electron chi connectivity index (χ4n) is 1.68. The first-order chi connectivity index (χ1) is 7.36. The van der Waals surface area contributed by atoms with E-state index in [-0.39, 0.29) is 12.0 Å². The SMILES string of the molecule is O=C(NCc1ccccc1)[C@@H]1CCCO1. The van der Waals surface area contributed by atoms with E-state index in [1.165, 1.54) is 0 Å². The summed E-state index contributed by atoms with van der Waals surface area (Å²) < 4.78 is 5.29. The zero-order chi connectivity index (χ0) is 10.5. The summed E-state index contributed by atoms with van der Waals surface area (Å²) >= 11 is 0. The van der Waals surface area contributed by atoms with Crippen LogP contribution in [0.3, 0.4) is 0 Å². The molecule has 1 fully saturated rings. The molecule has 0 radical (unpaired) electrons. The van der Waals surface area contributed by atoms with Crippen LogP contribution in [-0.2, 0) is 16.1 Å². The summed E-state index contributed by atoms with van der Waals surface area (Å²) in [6, 6.07) is 9.89. The van der Waals surface area contributed by atoms with Crippen molar-refractivity contribution in [1.29, 1.82) is 0 Å². The van der Waals surface area contributed by atoms with Crippen molar-refractivity contribution < 1.29 is 9.53 Å². The molecule has 3 nitrogen and oxygen atoms in total. The molecule has 1 amide bonds. The van der Waals surface area contributed by atoms with E-state index in [1.54, 1.807) is 0 Å². The van der Waals surface area contributed by atoms with Crippen LogP contribution in [0.5, 0.6) is 0 Å². The molecule has 1 aromatic carbocycles. The van der Waals surface area contributed by atoms with Crippen molar-refractivity contribution in [2.45, 2.75) is 25.5 Å². The van der Waals surface area contributed by atoms with Gasteiger partial charge in [0, 0.05) is 13.2 Å². The normalized spacial score (nSPS) is 20.1. The van der Waals surface area contributed by atoms with Gasteiger partial charge in [0.05, 0.1) is 0 Å². The van der Waals surface area contributed by atoms with Crippen LogP contribution in [0, 0.1) is 0 Å². The average Bonchev–Trinajstić information content (AvgIpc) is 2.81. The minimum Gasteiger partial charge on any atom is -0.368 e. The van der Waals surface area contributed by atoms with Gasteiger partial charge in [-0.05, 0) is 18.4 Å². The Kier molecular flexibility index (Phi) is 3.35. The van der Waals surface area contributed by atoms with E-state index >= 15 is 0 Å². The molecule has 1 aromatic rings. The number of hydrogen-bond donors (Lipinski definition) is 1. The molecule has 0 aliphatic carbocycles. The lowest BCUT2D eigenvalue weighted by molar-refractivity contribution is -0.130. The van der Waals surface area contributed by atoms with Crippen LogP contribution in [0.15, 0.2) is 30.3 Å². The summed E-state index contributed by atoms with van der Waals surface area (Å²) in [6.07, 6.45) is 1.61. The van der Waals surface area contributed by atoms with E-state index in [1.807, 2.05) is 30.3 Å². The van der Waals surface area contributed by atoms with Crippen LogP contribution in [0.1, 0.15) is 18.4 Å². The van der Waals surface area contributed by atoms with Gasteiger partial charge in [-0.3, -0.25) is 4.79 Å². The highest BCUT2D eigenvalue weighted by Gasteiger charge is 2.22. The minimum atomic E-state index is -0.228. The number of carbonyl (C=O) groups is 1. The molecule has 0 bridgehead atoms. The van der Waals surface area contributed by atoms with E-state index in [9.17, 15) is 4.79 Å². The fraction of sp³-hybridized carbons (Fsp3) is 0.417. The molecule has 1 aliphatic rings. The number of rotatable bonds is 3. The maximum atomic E-state index is 11.6. The number of amides is 1. The zero-order valence-corrected chi connectivity index (χ0v) is 8.61. The van der Waals surface area contributed by atoms with Crippen molar-refractivity contribution in [3.63, 3.8) is 0 Å². The molecule has 1 heterocycles. The largest absolute Gasteiger partial charge is 0.368 e. The van der Waals surface area contributed by atoms with E-state index in [2.05, 4.69) is 5.32 Å². The Morgan fingerprint density at radius 1 is 1.40 bits per heavy atom. The number of nitrogens with one attached hydrogen (secondary N) is 1. The summed E-state index contributed by atoms with van der Waals surface area (Å²) in [7, 11) is 0. The molecule has 80 valence electrons. The molecule has 1 atom stereocenters. The molecular weight excluding hydrogens is 190 g/mol. The third-order valence-electron chi connectivity index (χ3n) is 2.53. The maximum Gasteiger partial charge on any atom is 0.249 e. The molecule has 0 unspecified atom stereocenters. The highest BCUT2D eigenvalue weighted by Crippen LogP contribution is 2.11. The van der Waals surface area contributed by atoms with Crippen molar-refractivity contribution in [2.24, 2.45) is 0 Å². The van der Waals surface area contributed by atoms with Crippen LogP contribution in [0.4, 0.5) is 0 Å². The predicted octanol–water partition coefficient (Wildman–Crippen LogP) is 1.48. The molecule has 15 heavy (non-hydrogen) atoms. The molecule has 2 rings (SSSR count). The van der Waals surface area contributed by atoms with Crippen LogP contribution in [0.25, 0.3) is 0 Å². The first-order valence-electron chi connectivity index (χ1n) is 5.29. The Morgan fingerprint density at radius 3 is 2.87 bits per heavy atom. The molecule has 3 heteroatoms. The molecule has 0 saturated carbocycles. The predicted molar refractivity (Wildman–Crippen MR) is 57.3 cm³/mol.